The molecule has 0 spiro atoms. The van der Waals surface area contributed by atoms with Gasteiger partial charge < -0.3 is 21.3 Å². The Morgan fingerprint density at radius 3 is 2.55 bits per heavy atom. The average Bonchev–Trinajstić information content (AvgIpc) is 3.18. The standard InChI is InChI=1S/C13H20N4O2S/c1-15-11(18)8-9(14)10(13(19)17(2)3)20-12(8)16-6-7-4-5-7/h7,16H,4-6,14H2,1-3H3,(H,15,18). The molecule has 1 saturated carbocycles. The predicted molar refractivity (Wildman–Crippen MR) is 81.4 cm³/mol. The van der Waals surface area contributed by atoms with Crippen LogP contribution in [0.3, 0.4) is 0 Å². The SMILES string of the molecule is CNC(=O)c1c(NCC2CC2)sc(C(=O)N(C)C)c1N. The molecule has 7 heteroatoms. The minimum absolute atomic E-state index is 0.183. The van der Waals surface area contributed by atoms with Gasteiger partial charge in [-0.05, 0) is 18.8 Å². The maximum Gasteiger partial charge on any atom is 0.265 e. The van der Waals surface area contributed by atoms with Crippen molar-refractivity contribution in [3.05, 3.63) is 10.4 Å². The van der Waals surface area contributed by atoms with Crippen LogP contribution in [0.25, 0.3) is 0 Å². The lowest BCUT2D eigenvalue weighted by molar-refractivity contribution is 0.0833. The summed E-state index contributed by atoms with van der Waals surface area (Å²) < 4.78 is 0. The Morgan fingerprint density at radius 1 is 1.40 bits per heavy atom. The summed E-state index contributed by atoms with van der Waals surface area (Å²) in [5.41, 5.74) is 6.64. The van der Waals surface area contributed by atoms with E-state index in [2.05, 4.69) is 10.6 Å². The lowest BCUT2D eigenvalue weighted by Gasteiger charge is -2.08. The van der Waals surface area contributed by atoms with Gasteiger partial charge in [0.25, 0.3) is 11.8 Å². The lowest BCUT2D eigenvalue weighted by Crippen LogP contribution is -2.23. The second kappa shape index (κ2) is 5.70. The molecule has 110 valence electrons. The highest BCUT2D eigenvalue weighted by Crippen LogP contribution is 2.37. The van der Waals surface area contributed by atoms with Crippen LogP contribution in [0.1, 0.15) is 32.9 Å². The van der Waals surface area contributed by atoms with E-state index in [-0.39, 0.29) is 17.5 Å². The van der Waals surface area contributed by atoms with Crippen molar-refractivity contribution in [2.45, 2.75) is 12.8 Å². The summed E-state index contributed by atoms with van der Waals surface area (Å²) in [5.74, 6) is 0.218. The quantitative estimate of drug-likeness (QED) is 0.762. The normalized spacial score (nSPS) is 13.9. The molecule has 1 aromatic rings. The van der Waals surface area contributed by atoms with Crippen molar-refractivity contribution < 1.29 is 9.59 Å². The number of rotatable bonds is 5. The monoisotopic (exact) mass is 296 g/mol. The number of carbonyl (C=O) groups is 2. The number of amides is 2. The van der Waals surface area contributed by atoms with Crippen molar-refractivity contribution in [2.75, 3.05) is 38.7 Å². The Bertz CT molecular complexity index is 535. The van der Waals surface area contributed by atoms with Crippen molar-refractivity contribution in [1.29, 1.82) is 0 Å². The number of hydrogen-bond donors (Lipinski definition) is 3. The molecule has 1 aliphatic carbocycles. The van der Waals surface area contributed by atoms with Crippen LogP contribution >= 0.6 is 11.3 Å². The average molecular weight is 296 g/mol. The zero-order valence-corrected chi connectivity index (χ0v) is 12.8. The fraction of sp³-hybridized carbons (Fsp3) is 0.538. The summed E-state index contributed by atoms with van der Waals surface area (Å²) in [6, 6.07) is 0. The Morgan fingerprint density at radius 2 is 2.05 bits per heavy atom. The number of carbonyl (C=O) groups excluding carboxylic acids is 2. The largest absolute Gasteiger partial charge is 0.397 e. The Kier molecular flexibility index (Phi) is 4.17. The summed E-state index contributed by atoms with van der Waals surface area (Å²) in [5, 5.41) is 6.50. The second-order valence-corrected chi connectivity index (χ2v) is 6.17. The molecule has 0 saturated heterocycles. The number of nitrogens with one attached hydrogen (secondary N) is 2. The zero-order chi connectivity index (χ0) is 14.9. The van der Waals surface area contributed by atoms with E-state index in [0.717, 1.165) is 6.54 Å². The van der Waals surface area contributed by atoms with Crippen molar-refractivity contribution in [3.63, 3.8) is 0 Å². The number of hydrogen-bond acceptors (Lipinski definition) is 5. The molecule has 2 rings (SSSR count). The van der Waals surface area contributed by atoms with Crippen LogP contribution in [-0.4, -0.2) is 44.4 Å². The summed E-state index contributed by atoms with van der Waals surface area (Å²) >= 11 is 1.25. The third kappa shape index (κ3) is 2.87. The molecule has 2 amide bonds. The molecule has 20 heavy (non-hydrogen) atoms. The van der Waals surface area contributed by atoms with E-state index in [1.54, 1.807) is 21.1 Å². The molecule has 1 fully saturated rings. The van der Waals surface area contributed by atoms with Crippen LogP contribution < -0.4 is 16.4 Å². The first kappa shape index (κ1) is 14.6. The fourth-order valence-corrected chi connectivity index (χ4v) is 2.99. The van der Waals surface area contributed by atoms with Gasteiger partial charge in [-0.1, -0.05) is 0 Å². The smallest absolute Gasteiger partial charge is 0.265 e. The van der Waals surface area contributed by atoms with Crippen LogP contribution in [0.5, 0.6) is 0 Å². The molecule has 0 aromatic carbocycles. The Labute approximate surface area is 122 Å². The summed E-state index contributed by atoms with van der Waals surface area (Å²) in [6.07, 6.45) is 2.43. The first-order valence-corrected chi connectivity index (χ1v) is 7.37. The van der Waals surface area contributed by atoms with Crippen molar-refractivity contribution in [1.82, 2.24) is 10.2 Å². The van der Waals surface area contributed by atoms with Crippen LogP contribution in [0, 0.1) is 5.92 Å². The van der Waals surface area contributed by atoms with Gasteiger partial charge in [0.15, 0.2) is 0 Å². The molecule has 0 aliphatic heterocycles. The zero-order valence-electron chi connectivity index (χ0n) is 11.9. The van der Waals surface area contributed by atoms with E-state index in [9.17, 15) is 9.59 Å². The molecular formula is C13H20N4O2S. The Balaban J connectivity index is 2.33. The first-order chi connectivity index (χ1) is 9.45. The topological polar surface area (TPSA) is 87.5 Å². The van der Waals surface area contributed by atoms with Crippen LogP contribution in [0.15, 0.2) is 0 Å². The Hall–Kier alpha value is -1.76. The van der Waals surface area contributed by atoms with E-state index >= 15 is 0 Å². The molecule has 0 radical (unpaired) electrons. The highest BCUT2D eigenvalue weighted by atomic mass is 32.1. The molecule has 0 bridgehead atoms. The molecule has 1 heterocycles. The van der Waals surface area contributed by atoms with Crippen molar-refractivity contribution >= 4 is 33.8 Å². The maximum absolute atomic E-state index is 12.1. The van der Waals surface area contributed by atoms with Gasteiger partial charge in [-0.15, -0.1) is 11.3 Å². The van der Waals surface area contributed by atoms with Gasteiger partial charge in [0, 0.05) is 27.7 Å². The lowest BCUT2D eigenvalue weighted by atomic mass is 10.2. The third-order valence-electron chi connectivity index (χ3n) is 3.25. The number of anilines is 2. The second-order valence-electron chi connectivity index (χ2n) is 5.15. The van der Waals surface area contributed by atoms with Crippen LogP contribution in [0.2, 0.25) is 0 Å². The summed E-state index contributed by atoms with van der Waals surface area (Å²) in [6.45, 7) is 0.819. The van der Waals surface area contributed by atoms with Crippen LogP contribution in [0.4, 0.5) is 10.7 Å². The van der Waals surface area contributed by atoms with Gasteiger partial charge in [0.2, 0.25) is 0 Å². The van der Waals surface area contributed by atoms with Crippen molar-refractivity contribution in [3.8, 4) is 0 Å². The minimum atomic E-state index is -0.269. The van der Waals surface area contributed by atoms with Crippen LogP contribution in [-0.2, 0) is 0 Å². The van der Waals surface area contributed by atoms with Gasteiger partial charge in [-0.25, -0.2) is 0 Å². The van der Waals surface area contributed by atoms with Gasteiger partial charge in [-0.2, -0.15) is 0 Å². The van der Waals surface area contributed by atoms with Gasteiger partial charge in [0.1, 0.15) is 9.88 Å². The van der Waals surface area contributed by atoms with Gasteiger partial charge in [0.05, 0.1) is 11.3 Å². The molecular weight excluding hydrogens is 276 g/mol. The molecule has 1 aliphatic rings. The third-order valence-corrected chi connectivity index (χ3v) is 4.40. The minimum Gasteiger partial charge on any atom is -0.397 e. The molecule has 6 nitrogen and oxygen atoms in total. The van der Waals surface area contributed by atoms with E-state index in [4.69, 9.17) is 5.73 Å². The number of nitrogens with two attached hydrogens (primary N) is 1. The highest BCUT2D eigenvalue weighted by molar-refractivity contribution is 7.19. The maximum atomic E-state index is 12.1. The predicted octanol–water partition coefficient (Wildman–Crippen LogP) is 1.21. The summed E-state index contributed by atoms with van der Waals surface area (Å²) in [4.78, 5) is 25.9. The number of thiophene rings is 1. The fourth-order valence-electron chi connectivity index (χ4n) is 1.84. The highest BCUT2D eigenvalue weighted by Gasteiger charge is 2.27. The first-order valence-electron chi connectivity index (χ1n) is 6.55. The summed E-state index contributed by atoms with van der Waals surface area (Å²) in [7, 11) is 4.88. The van der Waals surface area contributed by atoms with E-state index < -0.39 is 0 Å². The molecule has 1 aromatic heterocycles. The number of nitrogen functional groups attached to an aromatic ring is 1. The number of nitrogens with zero attached hydrogens (tertiary/aromatic N) is 1. The van der Waals surface area contributed by atoms with E-state index in [1.165, 1.54) is 29.1 Å². The van der Waals surface area contributed by atoms with Crippen molar-refractivity contribution in [2.24, 2.45) is 5.92 Å². The van der Waals surface area contributed by atoms with Gasteiger partial charge >= 0.3 is 0 Å². The molecule has 0 unspecified atom stereocenters. The molecule has 0 atom stereocenters. The van der Waals surface area contributed by atoms with E-state index in [1.807, 2.05) is 0 Å². The van der Waals surface area contributed by atoms with Gasteiger partial charge in [-0.3, -0.25) is 9.59 Å². The van der Waals surface area contributed by atoms with E-state index in [0.29, 0.717) is 21.4 Å². The molecule has 4 N–H and O–H groups in total.